The van der Waals surface area contributed by atoms with Crippen molar-refractivity contribution in [3.05, 3.63) is 16.8 Å². The van der Waals surface area contributed by atoms with Crippen LogP contribution in [0.5, 0.6) is 0 Å². The van der Waals surface area contributed by atoms with Crippen molar-refractivity contribution in [1.29, 1.82) is 5.26 Å². The summed E-state index contributed by atoms with van der Waals surface area (Å²) in [6.07, 6.45) is 1.74. The van der Waals surface area contributed by atoms with Gasteiger partial charge in [0.05, 0.1) is 12.3 Å². The van der Waals surface area contributed by atoms with Gasteiger partial charge in [-0.15, -0.1) is 5.10 Å². The lowest BCUT2D eigenvalue weighted by molar-refractivity contribution is 0.127. The average Bonchev–Trinajstić information content (AvgIpc) is 2.45. The van der Waals surface area contributed by atoms with E-state index in [1.807, 2.05) is 13.8 Å². The highest BCUT2D eigenvalue weighted by Crippen LogP contribution is 2.27. The maximum atomic E-state index is 9.54. The minimum Gasteiger partial charge on any atom is -0.396 e. The molecule has 0 radical (unpaired) electrons. The van der Waals surface area contributed by atoms with Gasteiger partial charge in [0.2, 0.25) is 0 Å². The van der Waals surface area contributed by atoms with E-state index in [2.05, 4.69) is 35.4 Å². The molecule has 5 heteroatoms. The van der Waals surface area contributed by atoms with E-state index in [1.165, 1.54) is 0 Å². The lowest BCUT2D eigenvalue weighted by Gasteiger charge is -2.29. The van der Waals surface area contributed by atoms with Crippen molar-refractivity contribution >= 4 is 5.82 Å². The summed E-state index contributed by atoms with van der Waals surface area (Å²) < 4.78 is 0. The fraction of sp³-hybridized carbons (Fsp3) is 0.643. The zero-order valence-electron chi connectivity index (χ0n) is 12.1. The van der Waals surface area contributed by atoms with Gasteiger partial charge < -0.3 is 10.4 Å². The van der Waals surface area contributed by atoms with Crippen LogP contribution in [0.4, 0.5) is 5.82 Å². The van der Waals surface area contributed by atoms with Crippen molar-refractivity contribution < 1.29 is 5.11 Å². The Morgan fingerprint density at radius 2 is 1.89 bits per heavy atom. The van der Waals surface area contributed by atoms with E-state index in [0.717, 1.165) is 24.1 Å². The first-order valence-electron chi connectivity index (χ1n) is 6.62. The number of aromatic nitrogens is 2. The van der Waals surface area contributed by atoms with Gasteiger partial charge in [-0.3, -0.25) is 0 Å². The number of rotatable bonds is 6. The molecule has 0 fully saturated rings. The van der Waals surface area contributed by atoms with E-state index in [0.29, 0.717) is 17.9 Å². The molecule has 0 bridgehead atoms. The maximum absolute atomic E-state index is 9.54. The Labute approximate surface area is 114 Å². The summed E-state index contributed by atoms with van der Waals surface area (Å²) in [7, 11) is 0. The summed E-state index contributed by atoms with van der Waals surface area (Å²) in [6.45, 7) is 8.52. The quantitative estimate of drug-likeness (QED) is 0.821. The normalized spacial score (nSPS) is 11.2. The number of hydrogen-bond donors (Lipinski definition) is 2. The van der Waals surface area contributed by atoms with Crippen LogP contribution in [0.15, 0.2) is 0 Å². The molecule has 5 nitrogen and oxygen atoms in total. The number of hydrogen-bond acceptors (Lipinski definition) is 5. The molecule has 0 atom stereocenters. The van der Waals surface area contributed by atoms with Crippen LogP contribution in [0.1, 0.15) is 43.5 Å². The molecule has 0 spiro atoms. The summed E-state index contributed by atoms with van der Waals surface area (Å²) in [5.74, 6) is 0.505. The fourth-order valence-electron chi connectivity index (χ4n) is 1.92. The monoisotopic (exact) mass is 262 g/mol. The minimum atomic E-state index is -0.173. The van der Waals surface area contributed by atoms with Crippen LogP contribution < -0.4 is 5.32 Å². The van der Waals surface area contributed by atoms with Crippen LogP contribution in [0.3, 0.4) is 0 Å². The second-order valence-corrected chi connectivity index (χ2v) is 4.96. The molecule has 1 aromatic rings. The van der Waals surface area contributed by atoms with Gasteiger partial charge in [-0.1, -0.05) is 13.8 Å². The zero-order chi connectivity index (χ0) is 14.5. The molecule has 1 heterocycles. The third-order valence-electron chi connectivity index (χ3n) is 4.03. The molecular formula is C14H22N4O. The third kappa shape index (κ3) is 3.21. The molecule has 2 N–H and O–H groups in total. The lowest BCUT2D eigenvalue weighted by Crippen LogP contribution is -2.32. The third-order valence-corrected chi connectivity index (χ3v) is 4.03. The zero-order valence-corrected chi connectivity index (χ0v) is 12.1. The summed E-state index contributed by atoms with van der Waals surface area (Å²) in [4.78, 5) is 0. The first-order chi connectivity index (χ1) is 9.03. The highest BCUT2D eigenvalue weighted by Gasteiger charge is 2.25. The Hall–Kier alpha value is -1.67. The second-order valence-electron chi connectivity index (χ2n) is 4.96. The number of anilines is 1. The molecule has 0 saturated heterocycles. The molecule has 1 rings (SSSR count). The van der Waals surface area contributed by atoms with Crippen molar-refractivity contribution in [2.45, 2.75) is 40.5 Å². The highest BCUT2D eigenvalue weighted by molar-refractivity contribution is 5.55. The van der Waals surface area contributed by atoms with Crippen molar-refractivity contribution in [2.75, 3.05) is 18.5 Å². The molecule has 0 unspecified atom stereocenters. The molecule has 0 saturated carbocycles. The molecular weight excluding hydrogens is 240 g/mol. The number of aryl methyl sites for hydroxylation is 1. The summed E-state index contributed by atoms with van der Waals surface area (Å²) in [5, 5.41) is 30.0. The Morgan fingerprint density at radius 1 is 1.26 bits per heavy atom. The maximum Gasteiger partial charge on any atom is 0.166 e. The van der Waals surface area contributed by atoms with E-state index >= 15 is 0 Å². The topological polar surface area (TPSA) is 81.8 Å². The molecule has 0 aromatic carbocycles. The first-order valence-corrected chi connectivity index (χ1v) is 6.62. The molecule has 104 valence electrons. The molecule has 1 aromatic heterocycles. The molecule has 19 heavy (non-hydrogen) atoms. The fourth-order valence-corrected chi connectivity index (χ4v) is 1.92. The number of nitrogens with zero attached hydrogens (tertiary/aromatic N) is 3. The van der Waals surface area contributed by atoms with Gasteiger partial charge in [0, 0.05) is 12.0 Å². The van der Waals surface area contributed by atoms with Gasteiger partial charge in [0.1, 0.15) is 11.6 Å². The smallest absolute Gasteiger partial charge is 0.166 e. The van der Waals surface area contributed by atoms with Crippen molar-refractivity contribution in [2.24, 2.45) is 5.41 Å². The Morgan fingerprint density at radius 3 is 2.37 bits per heavy atom. The van der Waals surface area contributed by atoms with Crippen molar-refractivity contribution in [1.82, 2.24) is 10.2 Å². The SMILES string of the molecule is CCC(CC)(CO)CNc1nnc(C)c(C)c1C#N. The first kappa shape index (κ1) is 15.4. The van der Waals surface area contributed by atoms with Crippen LogP contribution >= 0.6 is 0 Å². The van der Waals surface area contributed by atoms with E-state index in [9.17, 15) is 10.4 Å². The Kier molecular flexibility index (Phi) is 5.25. The van der Waals surface area contributed by atoms with Crippen LogP contribution in [-0.2, 0) is 0 Å². The molecule has 0 aliphatic rings. The van der Waals surface area contributed by atoms with E-state index in [1.54, 1.807) is 0 Å². The summed E-state index contributed by atoms with van der Waals surface area (Å²) >= 11 is 0. The van der Waals surface area contributed by atoms with Crippen LogP contribution in [0.25, 0.3) is 0 Å². The minimum absolute atomic E-state index is 0.118. The van der Waals surface area contributed by atoms with Gasteiger partial charge >= 0.3 is 0 Å². The van der Waals surface area contributed by atoms with Gasteiger partial charge in [-0.25, -0.2) is 0 Å². The van der Waals surface area contributed by atoms with Crippen molar-refractivity contribution in [3.8, 4) is 6.07 Å². The second kappa shape index (κ2) is 6.48. The lowest BCUT2D eigenvalue weighted by atomic mass is 9.83. The van der Waals surface area contributed by atoms with E-state index < -0.39 is 0 Å². The largest absolute Gasteiger partial charge is 0.396 e. The van der Waals surface area contributed by atoms with Gasteiger partial charge in [0.15, 0.2) is 5.82 Å². The number of nitrogens with one attached hydrogen (secondary N) is 1. The molecule has 0 amide bonds. The van der Waals surface area contributed by atoms with Crippen LogP contribution in [-0.4, -0.2) is 28.5 Å². The number of aliphatic hydroxyl groups excluding tert-OH is 1. The predicted octanol–water partition coefficient (Wildman–Crippen LogP) is 2.18. The molecule has 0 aliphatic carbocycles. The van der Waals surface area contributed by atoms with Crippen molar-refractivity contribution in [3.63, 3.8) is 0 Å². The summed E-state index contributed by atoms with van der Waals surface area (Å²) in [5.41, 5.74) is 1.98. The number of nitriles is 1. The van der Waals surface area contributed by atoms with Gasteiger partial charge in [-0.2, -0.15) is 10.4 Å². The van der Waals surface area contributed by atoms with Crippen LogP contribution in [0, 0.1) is 30.6 Å². The standard InChI is InChI=1S/C14H22N4O/c1-5-14(6-2,9-19)8-16-13-12(7-15)10(3)11(4)17-18-13/h19H,5-6,8-9H2,1-4H3,(H,16,18). The Bertz CT molecular complexity index is 467. The van der Waals surface area contributed by atoms with E-state index in [4.69, 9.17) is 0 Å². The number of aliphatic hydroxyl groups is 1. The van der Waals surface area contributed by atoms with Crippen LogP contribution in [0.2, 0.25) is 0 Å². The average molecular weight is 262 g/mol. The summed E-state index contributed by atoms with van der Waals surface area (Å²) in [6, 6.07) is 2.17. The Balaban J connectivity index is 2.96. The predicted molar refractivity (Wildman–Crippen MR) is 74.8 cm³/mol. The molecule has 0 aliphatic heterocycles. The highest BCUT2D eigenvalue weighted by atomic mass is 16.3. The van der Waals surface area contributed by atoms with Gasteiger partial charge in [0.25, 0.3) is 0 Å². The van der Waals surface area contributed by atoms with E-state index in [-0.39, 0.29) is 12.0 Å². The van der Waals surface area contributed by atoms with Gasteiger partial charge in [-0.05, 0) is 32.3 Å².